The second-order valence-electron chi connectivity index (χ2n) is 9.15. The van der Waals surface area contributed by atoms with Crippen molar-refractivity contribution < 1.29 is 9.59 Å². The molecule has 2 aliphatic heterocycles. The molecule has 2 saturated heterocycles. The van der Waals surface area contributed by atoms with Crippen LogP contribution < -0.4 is 10.5 Å². The average Bonchev–Trinajstić information content (AvgIpc) is 3.51. The molecule has 2 aromatic heterocycles. The summed E-state index contributed by atoms with van der Waals surface area (Å²) in [6.07, 6.45) is 1.98. The highest BCUT2D eigenvalue weighted by Gasteiger charge is 2.38. The first-order valence-corrected chi connectivity index (χ1v) is 12.7. The van der Waals surface area contributed by atoms with Crippen LogP contribution in [0, 0.1) is 5.92 Å². The lowest BCUT2D eigenvalue weighted by molar-refractivity contribution is -0.137. The standard InChI is InChI=1S/C26H25N5O3S/c32-23-14-19(16-31(23)22-7-3-5-18-4-1-2-6-21(18)22)25(34)29-10-8-28(9-11-29)17-20-15-24(33)30-12-13-35-26(30)27-20/h1-7,12-13,15,19H,8-11,14,16-17H2. The van der Waals surface area contributed by atoms with Crippen LogP contribution in [0.3, 0.4) is 0 Å². The normalized spacial score (nSPS) is 19.2. The number of hydrogen-bond donors (Lipinski definition) is 0. The van der Waals surface area contributed by atoms with E-state index in [-0.39, 0.29) is 29.7 Å². The van der Waals surface area contributed by atoms with Gasteiger partial charge in [-0.1, -0.05) is 36.4 Å². The highest BCUT2D eigenvalue weighted by atomic mass is 32.1. The number of fused-ring (bicyclic) bond motifs is 2. The van der Waals surface area contributed by atoms with Crippen molar-refractivity contribution >= 4 is 44.6 Å². The van der Waals surface area contributed by atoms with Gasteiger partial charge in [-0.2, -0.15) is 0 Å². The van der Waals surface area contributed by atoms with Gasteiger partial charge in [-0.3, -0.25) is 23.7 Å². The fourth-order valence-electron chi connectivity index (χ4n) is 5.13. The number of thiazole rings is 1. The van der Waals surface area contributed by atoms with E-state index in [0.717, 1.165) is 22.2 Å². The number of benzene rings is 2. The maximum atomic E-state index is 13.3. The summed E-state index contributed by atoms with van der Waals surface area (Å²) in [6, 6.07) is 15.5. The summed E-state index contributed by atoms with van der Waals surface area (Å²) in [4.78, 5) is 49.6. The number of carbonyl (C=O) groups excluding carboxylic acids is 2. The summed E-state index contributed by atoms with van der Waals surface area (Å²) in [5.41, 5.74) is 1.56. The Morgan fingerprint density at radius 1 is 1.03 bits per heavy atom. The zero-order valence-electron chi connectivity index (χ0n) is 19.2. The van der Waals surface area contributed by atoms with Crippen molar-refractivity contribution in [2.24, 2.45) is 5.92 Å². The number of nitrogens with zero attached hydrogens (tertiary/aromatic N) is 5. The summed E-state index contributed by atoms with van der Waals surface area (Å²) in [5.74, 6) is -0.271. The van der Waals surface area contributed by atoms with Crippen molar-refractivity contribution in [3.05, 3.63) is 76.2 Å². The van der Waals surface area contributed by atoms with E-state index in [1.165, 1.54) is 11.3 Å². The third kappa shape index (κ3) is 4.11. The van der Waals surface area contributed by atoms with Gasteiger partial charge >= 0.3 is 0 Å². The number of rotatable bonds is 4. The van der Waals surface area contributed by atoms with E-state index in [1.807, 2.05) is 52.7 Å². The van der Waals surface area contributed by atoms with Gasteiger partial charge in [0, 0.05) is 68.7 Å². The molecular formula is C26H25N5O3S. The fourth-order valence-corrected chi connectivity index (χ4v) is 5.87. The third-order valence-corrected chi connectivity index (χ3v) is 7.71. The van der Waals surface area contributed by atoms with E-state index in [4.69, 9.17) is 0 Å². The van der Waals surface area contributed by atoms with Gasteiger partial charge in [0.15, 0.2) is 4.96 Å². The molecule has 1 atom stereocenters. The van der Waals surface area contributed by atoms with Crippen LogP contribution in [0.15, 0.2) is 64.9 Å². The van der Waals surface area contributed by atoms with Gasteiger partial charge in [0.2, 0.25) is 11.8 Å². The lowest BCUT2D eigenvalue weighted by Crippen LogP contribution is -2.50. The molecule has 6 rings (SSSR count). The Bertz CT molecular complexity index is 1480. The number of aromatic nitrogens is 2. The molecular weight excluding hydrogens is 462 g/mol. The van der Waals surface area contributed by atoms with Crippen LogP contribution in [-0.2, 0) is 16.1 Å². The summed E-state index contributed by atoms with van der Waals surface area (Å²) in [5, 5.41) is 3.96. The molecule has 0 radical (unpaired) electrons. The van der Waals surface area contributed by atoms with Gasteiger partial charge in [-0.15, -0.1) is 11.3 Å². The molecule has 0 spiro atoms. The predicted molar refractivity (Wildman–Crippen MR) is 136 cm³/mol. The van der Waals surface area contributed by atoms with Crippen LogP contribution in [0.4, 0.5) is 5.69 Å². The summed E-state index contributed by atoms with van der Waals surface area (Å²) >= 11 is 1.44. The Hall–Kier alpha value is -3.56. The molecule has 0 aliphatic carbocycles. The molecule has 0 saturated carbocycles. The third-order valence-electron chi connectivity index (χ3n) is 6.96. The highest BCUT2D eigenvalue weighted by molar-refractivity contribution is 7.15. The number of piperazine rings is 1. The van der Waals surface area contributed by atoms with E-state index in [1.54, 1.807) is 21.6 Å². The molecule has 35 heavy (non-hydrogen) atoms. The number of anilines is 1. The first-order valence-electron chi connectivity index (χ1n) is 11.8. The smallest absolute Gasteiger partial charge is 0.258 e. The Labute approximate surface area is 206 Å². The lowest BCUT2D eigenvalue weighted by atomic mass is 10.1. The van der Waals surface area contributed by atoms with Gasteiger partial charge < -0.3 is 9.80 Å². The molecule has 2 aliphatic rings. The quantitative estimate of drug-likeness (QED) is 0.442. The Kier molecular flexibility index (Phi) is 5.58. The second kappa shape index (κ2) is 8.90. The van der Waals surface area contributed by atoms with Gasteiger partial charge in [-0.25, -0.2) is 4.98 Å². The molecule has 9 heteroatoms. The predicted octanol–water partition coefficient (Wildman–Crippen LogP) is 2.61. The molecule has 0 bridgehead atoms. The maximum Gasteiger partial charge on any atom is 0.258 e. The van der Waals surface area contributed by atoms with Crippen molar-refractivity contribution in [2.45, 2.75) is 13.0 Å². The molecule has 2 fully saturated rings. The number of amides is 2. The summed E-state index contributed by atoms with van der Waals surface area (Å²) < 4.78 is 1.55. The van der Waals surface area contributed by atoms with Crippen molar-refractivity contribution in [3.63, 3.8) is 0 Å². The molecule has 2 amide bonds. The van der Waals surface area contributed by atoms with Crippen LogP contribution >= 0.6 is 11.3 Å². The topological polar surface area (TPSA) is 78.2 Å². The minimum atomic E-state index is -0.323. The van der Waals surface area contributed by atoms with Crippen molar-refractivity contribution in [3.8, 4) is 0 Å². The van der Waals surface area contributed by atoms with Gasteiger partial charge in [0.25, 0.3) is 5.56 Å². The lowest BCUT2D eigenvalue weighted by Gasteiger charge is -2.35. The number of carbonyl (C=O) groups is 2. The van der Waals surface area contributed by atoms with Crippen molar-refractivity contribution in [1.29, 1.82) is 0 Å². The first-order chi connectivity index (χ1) is 17.1. The Morgan fingerprint density at radius 3 is 2.69 bits per heavy atom. The summed E-state index contributed by atoms with van der Waals surface area (Å²) in [7, 11) is 0. The zero-order chi connectivity index (χ0) is 23.9. The minimum absolute atomic E-state index is 0.000306. The van der Waals surface area contributed by atoms with Crippen LogP contribution in [0.1, 0.15) is 12.1 Å². The molecule has 1 unspecified atom stereocenters. The van der Waals surface area contributed by atoms with Crippen LogP contribution in [0.2, 0.25) is 0 Å². The van der Waals surface area contributed by atoms with Gasteiger partial charge in [0.05, 0.1) is 17.3 Å². The molecule has 4 heterocycles. The van der Waals surface area contributed by atoms with Crippen LogP contribution in [0.5, 0.6) is 0 Å². The van der Waals surface area contributed by atoms with Crippen LogP contribution in [0.25, 0.3) is 15.7 Å². The van der Waals surface area contributed by atoms with E-state index < -0.39 is 0 Å². The van der Waals surface area contributed by atoms with Gasteiger partial charge in [0.1, 0.15) is 0 Å². The molecule has 2 aromatic carbocycles. The Balaban J connectivity index is 1.10. The maximum absolute atomic E-state index is 13.3. The van der Waals surface area contributed by atoms with Crippen molar-refractivity contribution in [2.75, 3.05) is 37.6 Å². The number of hydrogen-bond acceptors (Lipinski definition) is 6. The van der Waals surface area contributed by atoms with Crippen LogP contribution in [-0.4, -0.2) is 63.7 Å². The average molecular weight is 488 g/mol. The fraction of sp³-hybridized carbons (Fsp3) is 0.308. The second-order valence-corrected chi connectivity index (χ2v) is 10.0. The largest absolute Gasteiger partial charge is 0.340 e. The van der Waals surface area contributed by atoms with E-state index in [9.17, 15) is 14.4 Å². The molecule has 178 valence electrons. The van der Waals surface area contributed by atoms with E-state index in [2.05, 4.69) is 9.88 Å². The monoisotopic (exact) mass is 487 g/mol. The highest BCUT2D eigenvalue weighted by Crippen LogP contribution is 2.32. The first kappa shape index (κ1) is 21.9. The van der Waals surface area contributed by atoms with Crippen molar-refractivity contribution in [1.82, 2.24) is 19.2 Å². The van der Waals surface area contributed by atoms with Gasteiger partial charge in [-0.05, 0) is 11.5 Å². The SMILES string of the molecule is O=C(C1CC(=O)N(c2cccc3ccccc23)C1)N1CCN(Cc2cc(=O)n3ccsc3n2)CC1. The minimum Gasteiger partial charge on any atom is -0.340 e. The molecule has 8 nitrogen and oxygen atoms in total. The summed E-state index contributed by atoms with van der Waals surface area (Å²) in [6.45, 7) is 3.65. The van der Waals surface area contributed by atoms with E-state index >= 15 is 0 Å². The molecule has 4 aromatic rings. The molecule has 0 N–H and O–H groups in total. The zero-order valence-corrected chi connectivity index (χ0v) is 20.0. The van der Waals surface area contributed by atoms with E-state index in [0.29, 0.717) is 44.2 Å². The Morgan fingerprint density at radius 2 is 1.83 bits per heavy atom.